The second kappa shape index (κ2) is 5.14. The number of hydrogen-bond donors (Lipinski definition) is 2. The van der Waals surface area contributed by atoms with Gasteiger partial charge in [-0.25, -0.2) is 9.59 Å². The number of nitrogens with zero attached hydrogens (tertiary/aromatic N) is 1. The van der Waals surface area contributed by atoms with Gasteiger partial charge in [-0.1, -0.05) is 6.92 Å². The predicted octanol–water partition coefficient (Wildman–Crippen LogP) is 0.672. The Morgan fingerprint density at radius 3 is 2.83 bits per heavy atom. The Hall–Kier alpha value is -1.30. The van der Waals surface area contributed by atoms with Gasteiger partial charge in [-0.05, 0) is 18.8 Å². The van der Waals surface area contributed by atoms with Crippen LogP contribution in [0.25, 0.3) is 0 Å². The largest absolute Gasteiger partial charge is 0.479 e. The van der Waals surface area contributed by atoms with E-state index < -0.39 is 11.5 Å². The number of rotatable bonds is 2. The van der Waals surface area contributed by atoms with Crippen LogP contribution in [-0.4, -0.2) is 53.8 Å². The van der Waals surface area contributed by atoms with Crippen LogP contribution in [0.4, 0.5) is 4.79 Å². The number of hydrogen-bond acceptors (Lipinski definition) is 3. The Kier molecular flexibility index (Phi) is 3.75. The lowest BCUT2D eigenvalue weighted by molar-refractivity contribution is -0.144. The lowest BCUT2D eigenvalue weighted by atomic mass is 9.98. The minimum absolute atomic E-state index is 0.0530. The molecule has 6 nitrogen and oxygen atoms in total. The van der Waals surface area contributed by atoms with E-state index in [1.807, 2.05) is 0 Å². The van der Waals surface area contributed by atoms with Gasteiger partial charge >= 0.3 is 12.0 Å². The van der Waals surface area contributed by atoms with E-state index in [0.717, 1.165) is 12.8 Å². The second-order valence-electron chi connectivity index (χ2n) is 5.31. The van der Waals surface area contributed by atoms with Crippen LogP contribution in [-0.2, 0) is 9.53 Å². The van der Waals surface area contributed by atoms with E-state index >= 15 is 0 Å². The molecule has 2 unspecified atom stereocenters. The Labute approximate surface area is 106 Å². The highest BCUT2D eigenvalue weighted by atomic mass is 16.5. The van der Waals surface area contributed by atoms with Crippen molar-refractivity contribution in [1.29, 1.82) is 0 Å². The van der Waals surface area contributed by atoms with Crippen molar-refractivity contribution >= 4 is 12.0 Å². The summed E-state index contributed by atoms with van der Waals surface area (Å²) < 4.78 is 5.12. The molecular weight excluding hydrogens is 236 g/mol. The number of urea groups is 1. The molecule has 2 saturated heterocycles. The number of ether oxygens (including phenoxy) is 1. The van der Waals surface area contributed by atoms with Crippen molar-refractivity contribution < 1.29 is 19.4 Å². The van der Waals surface area contributed by atoms with Crippen LogP contribution in [0.5, 0.6) is 0 Å². The number of likely N-dealkylation sites (tertiary alicyclic amines) is 1. The number of aliphatic carboxylic acids is 1. The van der Waals surface area contributed by atoms with Crippen molar-refractivity contribution in [3.8, 4) is 0 Å². The third-order valence-electron chi connectivity index (χ3n) is 3.72. The zero-order chi connectivity index (χ0) is 13.2. The van der Waals surface area contributed by atoms with Gasteiger partial charge in [0.2, 0.25) is 0 Å². The zero-order valence-corrected chi connectivity index (χ0v) is 10.6. The molecule has 0 radical (unpaired) electrons. The molecule has 2 aliphatic rings. The average Bonchev–Trinajstić information content (AvgIpc) is 2.79. The van der Waals surface area contributed by atoms with Gasteiger partial charge in [-0.15, -0.1) is 0 Å². The average molecular weight is 256 g/mol. The summed E-state index contributed by atoms with van der Waals surface area (Å²) in [7, 11) is 0. The lowest BCUT2D eigenvalue weighted by Gasteiger charge is -2.34. The number of carbonyl (C=O) groups excluding carboxylic acids is 1. The van der Waals surface area contributed by atoms with Crippen LogP contribution in [0.2, 0.25) is 0 Å². The van der Waals surface area contributed by atoms with Crippen LogP contribution in [0, 0.1) is 5.92 Å². The Bertz CT molecular complexity index is 339. The fraction of sp³-hybridized carbons (Fsp3) is 0.833. The molecule has 0 spiro atoms. The fourth-order valence-corrected chi connectivity index (χ4v) is 2.54. The number of piperidine rings is 1. The lowest BCUT2D eigenvalue weighted by Crippen LogP contribution is -2.59. The van der Waals surface area contributed by atoms with Gasteiger partial charge < -0.3 is 20.1 Å². The Morgan fingerprint density at radius 2 is 2.28 bits per heavy atom. The Balaban J connectivity index is 1.99. The molecule has 0 aliphatic carbocycles. The highest BCUT2D eigenvalue weighted by Crippen LogP contribution is 2.21. The first-order chi connectivity index (χ1) is 8.53. The number of nitrogens with one attached hydrogen (secondary N) is 1. The molecule has 2 heterocycles. The molecule has 6 heteroatoms. The van der Waals surface area contributed by atoms with Crippen LogP contribution in [0.1, 0.15) is 26.2 Å². The first-order valence-corrected chi connectivity index (χ1v) is 6.42. The number of carbonyl (C=O) groups is 2. The fourth-order valence-electron chi connectivity index (χ4n) is 2.54. The summed E-state index contributed by atoms with van der Waals surface area (Å²) in [5.74, 6) is -0.538. The summed E-state index contributed by atoms with van der Waals surface area (Å²) in [6.45, 7) is 3.93. The zero-order valence-electron chi connectivity index (χ0n) is 10.6. The standard InChI is InChI=1S/C12H20N2O4/c1-9-3-2-5-14(7-9)11(17)13-12(10(15)16)4-6-18-8-12/h9H,2-8H2,1H3,(H,13,17)(H,15,16). The molecular formula is C12H20N2O4. The molecule has 2 aliphatic heterocycles. The third-order valence-corrected chi connectivity index (χ3v) is 3.72. The van der Waals surface area contributed by atoms with E-state index in [2.05, 4.69) is 12.2 Å². The summed E-state index contributed by atoms with van der Waals surface area (Å²) in [5, 5.41) is 11.9. The molecule has 2 fully saturated rings. The summed E-state index contributed by atoms with van der Waals surface area (Å²) in [5.41, 5.74) is -1.24. The summed E-state index contributed by atoms with van der Waals surface area (Å²) in [6, 6.07) is -0.283. The first-order valence-electron chi connectivity index (χ1n) is 6.42. The molecule has 0 aromatic heterocycles. The minimum Gasteiger partial charge on any atom is -0.479 e. The predicted molar refractivity (Wildman–Crippen MR) is 64.3 cm³/mol. The molecule has 102 valence electrons. The van der Waals surface area contributed by atoms with Gasteiger partial charge in [-0.2, -0.15) is 0 Å². The van der Waals surface area contributed by atoms with Crippen molar-refractivity contribution in [3.63, 3.8) is 0 Å². The summed E-state index contributed by atoms with van der Waals surface area (Å²) in [6.07, 6.45) is 2.43. The minimum atomic E-state index is -1.24. The van der Waals surface area contributed by atoms with Gasteiger partial charge in [0.1, 0.15) is 0 Å². The maximum absolute atomic E-state index is 12.1. The van der Waals surface area contributed by atoms with E-state index in [4.69, 9.17) is 4.74 Å². The molecule has 18 heavy (non-hydrogen) atoms. The van der Waals surface area contributed by atoms with Crippen molar-refractivity contribution in [2.45, 2.75) is 31.7 Å². The van der Waals surface area contributed by atoms with Crippen molar-refractivity contribution in [1.82, 2.24) is 10.2 Å². The monoisotopic (exact) mass is 256 g/mol. The third kappa shape index (κ3) is 2.58. The Morgan fingerprint density at radius 1 is 1.50 bits per heavy atom. The SMILES string of the molecule is CC1CCCN(C(=O)NC2(C(=O)O)CCOC2)C1. The number of carboxylic acid groups (broad SMARTS) is 1. The first kappa shape index (κ1) is 13.1. The summed E-state index contributed by atoms with van der Waals surface area (Å²) in [4.78, 5) is 25.1. The molecule has 0 aromatic carbocycles. The molecule has 2 N–H and O–H groups in total. The molecule has 2 amide bonds. The van der Waals surface area contributed by atoms with Crippen molar-refractivity contribution in [2.24, 2.45) is 5.92 Å². The van der Waals surface area contributed by atoms with E-state index in [1.54, 1.807) is 4.90 Å². The van der Waals surface area contributed by atoms with Crippen LogP contribution in [0.3, 0.4) is 0 Å². The quantitative estimate of drug-likeness (QED) is 0.761. The van der Waals surface area contributed by atoms with E-state index in [0.29, 0.717) is 32.0 Å². The maximum Gasteiger partial charge on any atom is 0.332 e. The second-order valence-corrected chi connectivity index (χ2v) is 5.31. The molecule has 2 atom stereocenters. The normalized spacial score (nSPS) is 32.3. The van der Waals surface area contributed by atoms with Crippen LogP contribution in [0.15, 0.2) is 0 Å². The topological polar surface area (TPSA) is 78.9 Å². The maximum atomic E-state index is 12.1. The molecule has 0 bridgehead atoms. The van der Waals surface area contributed by atoms with Gasteiger partial charge in [0, 0.05) is 26.1 Å². The van der Waals surface area contributed by atoms with Crippen molar-refractivity contribution in [2.75, 3.05) is 26.3 Å². The van der Waals surface area contributed by atoms with E-state index in [-0.39, 0.29) is 12.6 Å². The molecule has 2 rings (SSSR count). The summed E-state index contributed by atoms with van der Waals surface area (Å²) >= 11 is 0. The smallest absolute Gasteiger partial charge is 0.332 e. The van der Waals surface area contributed by atoms with Crippen molar-refractivity contribution in [3.05, 3.63) is 0 Å². The van der Waals surface area contributed by atoms with E-state index in [9.17, 15) is 14.7 Å². The molecule has 0 saturated carbocycles. The van der Waals surface area contributed by atoms with Gasteiger partial charge in [0.15, 0.2) is 5.54 Å². The number of carboxylic acids is 1. The highest BCUT2D eigenvalue weighted by Gasteiger charge is 2.44. The van der Waals surface area contributed by atoms with Crippen LogP contribution < -0.4 is 5.32 Å². The molecule has 0 aromatic rings. The van der Waals surface area contributed by atoms with Gasteiger partial charge in [0.25, 0.3) is 0 Å². The van der Waals surface area contributed by atoms with Crippen LogP contribution >= 0.6 is 0 Å². The number of amides is 2. The van der Waals surface area contributed by atoms with Gasteiger partial charge in [0.05, 0.1) is 6.61 Å². The van der Waals surface area contributed by atoms with Gasteiger partial charge in [-0.3, -0.25) is 0 Å². The highest BCUT2D eigenvalue weighted by molar-refractivity contribution is 5.86. The van der Waals surface area contributed by atoms with E-state index in [1.165, 1.54) is 0 Å².